The van der Waals surface area contributed by atoms with Crippen molar-refractivity contribution in [3.63, 3.8) is 0 Å². The highest BCUT2D eigenvalue weighted by Gasteiger charge is 2.02. The highest BCUT2D eigenvalue weighted by molar-refractivity contribution is 5.65. The predicted octanol–water partition coefficient (Wildman–Crippen LogP) is 1.85. The van der Waals surface area contributed by atoms with Crippen molar-refractivity contribution in [1.82, 2.24) is 9.97 Å². The Hall–Kier alpha value is -1.90. The van der Waals surface area contributed by atoms with E-state index in [0.717, 1.165) is 11.3 Å². The summed E-state index contributed by atoms with van der Waals surface area (Å²) >= 11 is 0. The fraction of sp³-hybridized carbons (Fsp3) is 0. The Bertz CT molecular complexity index is 401. The molecule has 0 unspecified atom stereocenters. The van der Waals surface area contributed by atoms with Crippen LogP contribution in [0.2, 0.25) is 0 Å². The number of nitrogens with zero attached hydrogens (tertiary/aromatic N) is 2. The van der Waals surface area contributed by atoms with Crippen LogP contribution in [0.1, 0.15) is 0 Å². The molecule has 0 saturated carbocycles. The first-order valence-corrected chi connectivity index (χ1v) is 3.92. The number of rotatable bonds is 1. The fourth-order valence-corrected chi connectivity index (χ4v) is 1.14. The van der Waals surface area contributed by atoms with Crippen LogP contribution in [0.3, 0.4) is 0 Å². The molecule has 1 aromatic heterocycles. The first-order chi connectivity index (χ1) is 6.38. The summed E-state index contributed by atoms with van der Waals surface area (Å²) in [5, 5.41) is 9.50. The van der Waals surface area contributed by atoms with E-state index in [1.54, 1.807) is 24.4 Å². The maximum absolute atomic E-state index is 9.50. The van der Waals surface area contributed by atoms with Crippen LogP contribution in [-0.4, -0.2) is 15.1 Å². The third-order valence-corrected chi connectivity index (χ3v) is 1.76. The first-order valence-electron chi connectivity index (χ1n) is 3.92. The summed E-state index contributed by atoms with van der Waals surface area (Å²) in [5.74, 6) is 0.237. The molecule has 0 radical (unpaired) electrons. The SMILES string of the molecule is Oc1ccccc1-c1ccncn1. The highest BCUT2D eigenvalue weighted by atomic mass is 16.3. The van der Waals surface area contributed by atoms with E-state index in [9.17, 15) is 5.11 Å². The van der Waals surface area contributed by atoms with Crippen LogP contribution < -0.4 is 0 Å². The largest absolute Gasteiger partial charge is 0.507 e. The van der Waals surface area contributed by atoms with Gasteiger partial charge in [-0.05, 0) is 18.2 Å². The molecule has 13 heavy (non-hydrogen) atoms. The predicted molar refractivity (Wildman–Crippen MR) is 49.1 cm³/mol. The summed E-state index contributed by atoms with van der Waals surface area (Å²) in [6.07, 6.45) is 3.11. The van der Waals surface area contributed by atoms with Gasteiger partial charge in [0.1, 0.15) is 12.1 Å². The van der Waals surface area contributed by atoms with E-state index < -0.39 is 0 Å². The van der Waals surface area contributed by atoms with E-state index in [-0.39, 0.29) is 5.75 Å². The van der Waals surface area contributed by atoms with Crippen molar-refractivity contribution in [3.8, 4) is 17.0 Å². The molecule has 3 nitrogen and oxygen atoms in total. The third kappa shape index (κ3) is 1.49. The third-order valence-electron chi connectivity index (χ3n) is 1.76. The van der Waals surface area contributed by atoms with Gasteiger partial charge in [-0.3, -0.25) is 0 Å². The molecule has 2 aromatic rings. The number of phenols is 1. The minimum atomic E-state index is 0.237. The van der Waals surface area contributed by atoms with Crippen molar-refractivity contribution in [1.29, 1.82) is 0 Å². The zero-order valence-electron chi connectivity index (χ0n) is 6.88. The Balaban J connectivity index is 2.54. The minimum absolute atomic E-state index is 0.237. The highest BCUT2D eigenvalue weighted by Crippen LogP contribution is 2.25. The second-order valence-electron chi connectivity index (χ2n) is 2.61. The molecule has 3 heteroatoms. The summed E-state index contributed by atoms with van der Waals surface area (Å²) in [6.45, 7) is 0. The van der Waals surface area contributed by atoms with E-state index in [2.05, 4.69) is 9.97 Å². The second-order valence-corrected chi connectivity index (χ2v) is 2.61. The zero-order chi connectivity index (χ0) is 9.10. The molecular formula is C10H8N2O. The fourth-order valence-electron chi connectivity index (χ4n) is 1.14. The van der Waals surface area contributed by atoms with Gasteiger partial charge in [0.25, 0.3) is 0 Å². The Morgan fingerprint density at radius 2 is 1.92 bits per heavy atom. The van der Waals surface area contributed by atoms with E-state index in [1.165, 1.54) is 6.33 Å². The maximum Gasteiger partial charge on any atom is 0.124 e. The molecule has 0 aliphatic heterocycles. The monoisotopic (exact) mass is 172 g/mol. The molecule has 0 aliphatic carbocycles. The lowest BCUT2D eigenvalue weighted by molar-refractivity contribution is 0.477. The number of aromatic nitrogens is 2. The number of benzene rings is 1. The Labute approximate surface area is 75.7 Å². The van der Waals surface area contributed by atoms with Crippen molar-refractivity contribution in [2.45, 2.75) is 0 Å². The molecule has 1 N–H and O–H groups in total. The van der Waals surface area contributed by atoms with Crippen LogP contribution in [0.25, 0.3) is 11.3 Å². The van der Waals surface area contributed by atoms with Gasteiger partial charge in [-0.2, -0.15) is 0 Å². The summed E-state index contributed by atoms with van der Waals surface area (Å²) in [7, 11) is 0. The molecule has 1 heterocycles. The molecule has 0 aliphatic rings. The van der Waals surface area contributed by atoms with Crippen LogP contribution in [0, 0.1) is 0 Å². The van der Waals surface area contributed by atoms with Gasteiger partial charge in [0.2, 0.25) is 0 Å². The molecule has 2 rings (SSSR count). The second kappa shape index (κ2) is 3.23. The normalized spacial score (nSPS) is 9.85. The average Bonchev–Trinajstić information content (AvgIpc) is 2.20. The van der Waals surface area contributed by atoms with Crippen LogP contribution in [-0.2, 0) is 0 Å². The van der Waals surface area contributed by atoms with Crippen LogP contribution in [0.15, 0.2) is 42.9 Å². The lowest BCUT2D eigenvalue weighted by Gasteiger charge is -2.01. The van der Waals surface area contributed by atoms with Crippen LogP contribution in [0.4, 0.5) is 0 Å². The molecule has 64 valence electrons. The molecule has 0 amide bonds. The van der Waals surface area contributed by atoms with E-state index >= 15 is 0 Å². The number of para-hydroxylation sites is 1. The quantitative estimate of drug-likeness (QED) is 0.714. The van der Waals surface area contributed by atoms with Crippen molar-refractivity contribution in [3.05, 3.63) is 42.9 Å². The molecule has 0 atom stereocenters. The number of aromatic hydroxyl groups is 1. The molecular weight excluding hydrogens is 164 g/mol. The molecule has 0 spiro atoms. The van der Waals surface area contributed by atoms with Gasteiger partial charge >= 0.3 is 0 Å². The van der Waals surface area contributed by atoms with Gasteiger partial charge in [-0.25, -0.2) is 9.97 Å². The lowest BCUT2D eigenvalue weighted by atomic mass is 10.1. The van der Waals surface area contributed by atoms with Crippen LogP contribution in [0.5, 0.6) is 5.75 Å². The van der Waals surface area contributed by atoms with E-state index in [4.69, 9.17) is 0 Å². The molecule has 0 fully saturated rings. The standard InChI is InChI=1S/C10H8N2O/c13-10-4-2-1-3-8(10)9-5-6-11-7-12-9/h1-7,13H. The smallest absolute Gasteiger partial charge is 0.124 e. The van der Waals surface area contributed by atoms with Crippen molar-refractivity contribution >= 4 is 0 Å². The van der Waals surface area contributed by atoms with Crippen molar-refractivity contribution in [2.75, 3.05) is 0 Å². The van der Waals surface area contributed by atoms with Gasteiger partial charge in [0.15, 0.2) is 0 Å². The maximum atomic E-state index is 9.50. The Morgan fingerprint density at radius 1 is 1.08 bits per heavy atom. The Kier molecular flexibility index (Phi) is 1.92. The van der Waals surface area contributed by atoms with Gasteiger partial charge in [-0.15, -0.1) is 0 Å². The first kappa shape index (κ1) is 7.73. The van der Waals surface area contributed by atoms with Gasteiger partial charge in [0.05, 0.1) is 5.69 Å². The summed E-state index contributed by atoms with van der Waals surface area (Å²) < 4.78 is 0. The molecule has 1 aromatic carbocycles. The summed E-state index contributed by atoms with van der Waals surface area (Å²) in [5.41, 5.74) is 1.46. The van der Waals surface area contributed by atoms with Crippen molar-refractivity contribution in [2.24, 2.45) is 0 Å². The summed E-state index contributed by atoms with van der Waals surface area (Å²) in [4.78, 5) is 7.85. The lowest BCUT2D eigenvalue weighted by Crippen LogP contribution is -1.83. The molecule has 0 saturated heterocycles. The van der Waals surface area contributed by atoms with Gasteiger partial charge in [0, 0.05) is 11.8 Å². The molecule has 0 bridgehead atoms. The van der Waals surface area contributed by atoms with Gasteiger partial charge in [-0.1, -0.05) is 12.1 Å². The van der Waals surface area contributed by atoms with E-state index in [1.807, 2.05) is 12.1 Å². The number of hydrogen-bond donors (Lipinski definition) is 1. The minimum Gasteiger partial charge on any atom is -0.507 e. The van der Waals surface area contributed by atoms with Gasteiger partial charge < -0.3 is 5.11 Å². The number of phenolic OH excluding ortho intramolecular Hbond substituents is 1. The topological polar surface area (TPSA) is 46.0 Å². The Morgan fingerprint density at radius 3 is 2.62 bits per heavy atom. The van der Waals surface area contributed by atoms with Crippen molar-refractivity contribution < 1.29 is 5.11 Å². The average molecular weight is 172 g/mol. The zero-order valence-corrected chi connectivity index (χ0v) is 6.88. The van der Waals surface area contributed by atoms with Crippen LogP contribution >= 0.6 is 0 Å². The summed E-state index contributed by atoms with van der Waals surface area (Å²) in [6, 6.07) is 8.85. The number of hydrogen-bond acceptors (Lipinski definition) is 3. The van der Waals surface area contributed by atoms with E-state index in [0.29, 0.717) is 0 Å².